The molecule has 0 spiro atoms. The highest BCUT2D eigenvalue weighted by atomic mass is 31.2. The molecule has 0 saturated heterocycles. The summed E-state index contributed by atoms with van der Waals surface area (Å²) in [6.07, 6.45) is 14.9. The molecule has 0 aliphatic carbocycles. The van der Waals surface area contributed by atoms with Crippen LogP contribution in [-0.4, -0.2) is 38.8 Å². The van der Waals surface area contributed by atoms with Gasteiger partial charge >= 0.3 is 7.75 Å². The van der Waals surface area contributed by atoms with Gasteiger partial charge < -0.3 is 15.1 Å². The molecule has 0 aliphatic rings. The highest BCUT2D eigenvalue weighted by molar-refractivity contribution is 7.50. The van der Waals surface area contributed by atoms with Gasteiger partial charge in [-0.3, -0.25) is 4.52 Å². The third kappa shape index (κ3) is 14.7. The van der Waals surface area contributed by atoms with Gasteiger partial charge in [0.2, 0.25) is 0 Å². The first-order valence-corrected chi connectivity index (χ1v) is 12.5. The first-order valence-electron chi connectivity index (χ1n) is 10.9. The van der Waals surface area contributed by atoms with Crippen molar-refractivity contribution in [2.75, 3.05) is 6.61 Å². The molecule has 164 valence electrons. The molecular formula is C20H44NO5P. The van der Waals surface area contributed by atoms with E-state index in [1.54, 1.807) is 0 Å². The molecule has 3 unspecified atom stereocenters. The molecule has 0 radical (unpaired) electrons. The first-order chi connectivity index (χ1) is 12.8. The molecule has 0 rings (SSSR count). The second kappa shape index (κ2) is 16.9. The second-order valence-electron chi connectivity index (χ2n) is 7.56. The fourth-order valence-corrected chi connectivity index (χ4v) is 4.63. The standard InChI is InChI=1S/C20H44NO5P/c1-4-5-6-7-8-9-10-11-12-13-14-15-16-17-18-26-27(24,25)21(19(2)22)20(3)23/h19-20,22-23H,4-18H2,1-3H3,(H,24,25). The van der Waals surface area contributed by atoms with Crippen molar-refractivity contribution in [3.63, 3.8) is 0 Å². The van der Waals surface area contributed by atoms with Crippen LogP contribution in [0, 0.1) is 0 Å². The summed E-state index contributed by atoms with van der Waals surface area (Å²) in [5.74, 6) is 0. The molecule has 0 aromatic carbocycles. The van der Waals surface area contributed by atoms with Crippen LogP contribution in [-0.2, 0) is 9.09 Å². The lowest BCUT2D eigenvalue weighted by atomic mass is 10.0. The van der Waals surface area contributed by atoms with Crippen LogP contribution in [0.2, 0.25) is 0 Å². The van der Waals surface area contributed by atoms with Gasteiger partial charge in [0.1, 0.15) is 12.5 Å². The zero-order chi connectivity index (χ0) is 20.5. The van der Waals surface area contributed by atoms with Crippen LogP contribution in [0.3, 0.4) is 0 Å². The SMILES string of the molecule is CCCCCCCCCCCCCCCCOP(=O)(O)N(C(C)O)C(C)O. The Kier molecular flexibility index (Phi) is 17.0. The van der Waals surface area contributed by atoms with Crippen LogP contribution >= 0.6 is 7.75 Å². The maximum Gasteiger partial charge on any atom is 0.409 e. The van der Waals surface area contributed by atoms with E-state index in [2.05, 4.69) is 6.92 Å². The average molecular weight is 410 g/mol. The van der Waals surface area contributed by atoms with Crippen LogP contribution in [0.25, 0.3) is 0 Å². The molecule has 0 aromatic rings. The minimum absolute atomic E-state index is 0.155. The summed E-state index contributed by atoms with van der Waals surface area (Å²) in [7, 11) is -4.17. The summed E-state index contributed by atoms with van der Waals surface area (Å²) < 4.78 is 17.8. The fraction of sp³-hybridized carbons (Fsp3) is 1.00. The van der Waals surface area contributed by atoms with Crippen molar-refractivity contribution >= 4 is 7.75 Å². The molecule has 0 heterocycles. The minimum atomic E-state index is -4.17. The summed E-state index contributed by atoms with van der Waals surface area (Å²) >= 11 is 0. The third-order valence-electron chi connectivity index (χ3n) is 4.81. The Morgan fingerprint density at radius 1 is 0.741 bits per heavy atom. The highest BCUT2D eigenvalue weighted by Crippen LogP contribution is 2.48. The van der Waals surface area contributed by atoms with Crippen LogP contribution < -0.4 is 0 Å². The molecule has 0 bridgehead atoms. The highest BCUT2D eigenvalue weighted by Gasteiger charge is 2.36. The van der Waals surface area contributed by atoms with Crippen molar-refractivity contribution in [3.8, 4) is 0 Å². The molecule has 0 aliphatic heterocycles. The smallest absolute Gasteiger partial charge is 0.378 e. The lowest BCUT2D eigenvalue weighted by Gasteiger charge is -2.30. The van der Waals surface area contributed by atoms with E-state index in [1.165, 1.54) is 84.5 Å². The maximum absolute atomic E-state index is 12.1. The van der Waals surface area contributed by atoms with Crippen molar-refractivity contribution in [3.05, 3.63) is 0 Å². The average Bonchev–Trinajstić information content (AvgIpc) is 2.57. The monoisotopic (exact) mass is 409 g/mol. The quantitative estimate of drug-likeness (QED) is 0.147. The Balaban J connectivity index is 3.51. The summed E-state index contributed by atoms with van der Waals surface area (Å²) in [6.45, 7) is 5.06. The first kappa shape index (κ1) is 27.0. The number of hydrogen-bond donors (Lipinski definition) is 3. The predicted molar refractivity (Wildman–Crippen MR) is 111 cm³/mol. The van der Waals surface area contributed by atoms with E-state index >= 15 is 0 Å². The van der Waals surface area contributed by atoms with Crippen molar-refractivity contribution in [1.82, 2.24) is 4.67 Å². The lowest BCUT2D eigenvalue weighted by molar-refractivity contribution is -0.0449. The molecule has 3 N–H and O–H groups in total. The largest absolute Gasteiger partial charge is 0.409 e. The van der Waals surface area contributed by atoms with E-state index in [0.29, 0.717) is 11.1 Å². The molecule has 0 aromatic heterocycles. The Morgan fingerprint density at radius 2 is 1.07 bits per heavy atom. The number of aliphatic hydroxyl groups is 2. The number of unbranched alkanes of at least 4 members (excludes halogenated alkanes) is 13. The van der Waals surface area contributed by atoms with E-state index in [4.69, 9.17) is 4.52 Å². The van der Waals surface area contributed by atoms with Gasteiger partial charge in [0, 0.05) is 0 Å². The molecule has 27 heavy (non-hydrogen) atoms. The fourth-order valence-electron chi connectivity index (χ4n) is 3.28. The van der Waals surface area contributed by atoms with Crippen LogP contribution in [0.4, 0.5) is 0 Å². The molecule has 7 heteroatoms. The predicted octanol–water partition coefficient (Wildman–Crippen LogP) is 5.56. The van der Waals surface area contributed by atoms with Gasteiger partial charge in [0.15, 0.2) is 0 Å². The Labute approximate surface area is 166 Å². The number of hydrogen-bond acceptors (Lipinski definition) is 4. The van der Waals surface area contributed by atoms with Gasteiger partial charge in [-0.05, 0) is 20.3 Å². The number of nitrogens with zero attached hydrogens (tertiary/aromatic N) is 1. The molecule has 6 nitrogen and oxygen atoms in total. The van der Waals surface area contributed by atoms with Gasteiger partial charge in [0.05, 0.1) is 6.61 Å². The third-order valence-corrected chi connectivity index (χ3v) is 6.59. The topological polar surface area (TPSA) is 90.2 Å². The van der Waals surface area contributed by atoms with Crippen LogP contribution in [0.15, 0.2) is 0 Å². The summed E-state index contributed by atoms with van der Waals surface area (Å²) in [4.78, 5) is 9.86. The van der Waals surface area contributed by atoms with Crippen LogP contribution in [0.1, 0.15) is 111 Å². The molecule has 0 amide bonds. The number of rotatable bonds is 19. The Bertz CT molecular complexity index is 371. The van der Waals surface area contributed by atoms with E-state index in [0.717, 1.165) is 12.8 Å². The molecule has 0 saturated carbocycles. The normalized spacial score (nSPS) is 16.4. The lowest BCUT2D eigenvalue weighted by Crippen LogP contribution is -2.37. The number of aliphatic hydroxyl groups excluding tert-OH is 2. The van der Waals surface area contributed by atoms with E-state index in [-0.39, 0.29) is 6.61 Å². The molecule has 0 fully saturated rings. The van der Waals surface area contributed by atoms with Gasteiger partial charge in [-0.15, -0.1) is 0 Å². The Morgan fingerprint density at radius 3 is 1.41 bits per heavy atom. The van der Waals surface area contributed by atoms with Gasteiger partial charge in [-0.25, -0.2) is 4.57 Å². The van der Waals surface area contributed by atoms with E-state index in [1.807, 2.05) is 0 Å². The maximum atomic E-state index is 12.1. The summed E-state index contributed by atoms with van der Waals surface area (Å²) in [6, 6.07) is 0. The molecule has 3 atom stereocenters. The van der Waals surface area contributed by atoms with Gasteiger partial charge in [0.25, 0.3) is 0 Å². The second-order valence-corrected chi connectivity index (χ2v) is 9.26. The van der Waals surface area contributed by atoms with Crippen molar-refractivity contribution in [2.24, 2.45) is 0 Å². The summed E-state index contributed by atoms with van der Waals surface area (Å²) in [5.41, 5.74) is 0. The zero-order valence-corrected chi connectivity index (χ0v) is 18.7. The van der Waals surface area contributed by atoms with E-state index in [9.17, 15) is 19.7 Å². The van der Waals surface area contributed by atoms with Crippen molar-refractivity contribution in [2.45, 2.75) is 123 Å². The van der Waals surface area contributed by atoms with Crippen LogP contribution in [0.5, 0.6) is 0 Å². The Hall–Kier alpha value is 0.0300. The van der Waals surface area contributed by atoms with Gasteiger partial charge in [-0.1, -0.05) is 90.4 Å². The minimum Gasteiger partial charge on any atom is -0.378 e. The van der Waals surface area contributed by atoms with E-state index < -0.39 is 20.2 Å². The summed E-state index contributed by atoms with van der Waals surface area (Å²) in [5, 5.41) is 19.0. The zero-order valence-electron chi connectivity index (χ0n) is 17.8. The molecular weight excluding hydrogens is 365 g/mol. The van der Waals surface area contributed by atoms with Gasteiger partial charge in [-0.2, -0.15) is 4.67 Å². The van der Waals surface area contributed by atoms with Crippen molar-refractivity contribution in [1.29, 1.82) is 0 Å². The van der Waals surface area contributed by atoms with Crippen molar-refractivity contribution < 1.29 is 24.2 Å².